The first-order valence-electron chi connectivity index (χ1n) is 9.02. The van der Waals surface area contributed by atoms with Gasteiger partial charge in [0.05, 0.1) is 5.39 Å². The fourth-order valence-corrected chi connectivity index (χ4v) is 2.94. The van der Waals surface area contributed by atoms with Crippen LogP contribution in [0.2, 0.25) is 0 Å². The Morgan fingerprint density at radius 3 is 2.46 bits per heavy atom. The largest absolute Gasteiger partial charge is 0.354 e. The van der Waals surface area contributed by atoms with E-state index in [1.54, 1.807) is 30.3 Å². The predicted molar refractivity (Wildman–Crippen MR) is 109 cm³/mol. The first-order valence-corrected chi connectivity index (χ1v) is 9.02. The van der Waals surface area contributed by atoms with Crippen LogP contribution in [0.25, 0.3) is 10.8 Å². The van der Waals surface area contributed by atoms with Crippen molar-refractivity contribution in [3.05, 3.63) is 70.1 Å². The summed E-state index contributed by atoms with van der Waals surface area (Å²) in [6.07, 6.45) is 0. The van der Waals surface area contributed by atoms with Crippen LogP contribution in [0.5, 0.6) is 0 Å². The predicted octanol–water partition coefficient (Wildman–Crippen LogP) is 2.52. The highest BCUT2D eigenvalue weighted by atomic mass is 16.2. The van der Waals surface area contributed by atoms with E-state index in [4.69, 9.17) is 0 Å². The fourth-order valence-electron chi connectivity index (χ4n) is 2.94. The van der Waals surface area contributed by atoms with Crippen molar-refractivity contribution in [1.82, 2.24) is 15.1 Å². The van der Waals surface area contributed by atoms with Gasteiger partial charge < -0.3 is 10.6 Å². The van der Waals surface area contributed by atoms with Crippen molar-refractivity contribution in [2.24, 2.45) is 0 Å². The van der Waals surface area contributed by atoms with E-state index in [-0.39, 0.29) is 12.2 Å². The standard InChI is InChI=1S/C21H22N4O3/c1-13(2)14-7-6-8-15(11-14)23-18(26)12-25-21(28)17-10-5-4-9-16(17)19(24-25)20(27)22-3/h4-11,13H,12H2,1-3H3,(H,22,27)(H,23,26). The molecule has 0 saturated carbocycles. The normalized spacial score (nSPS) is 10.9. The number of hydrogen-bond donors (Lipinski definition) is 2. The summed E-state index contributed by atoms with van der Waals surface area (Å²) in [4.78, 5) is 37.4. The van der Waals surface area contributed by atoms with E-state index in [1.807, 2.05) is 18.2 Å². The highest BCUT2D eigenvalue weighted by Crippen LogP contribution is 2.18. The van der Waals surface area contributed by atoms with Gasteiger partial charge in [0.15, 0.2) is 5.69 Å². The van der Waals surface area contributed by atoms with Gasteiger partial charge in [-0.3, -0.25) is 14.4 Å². The molecule has 0 saturated heterocycles. The number of amides is 2. The Bertz CT molecular complexity index is 1100. The zero-order valence-electron chi connectivity index (χ0n) is 16.0. The minimum atomic E-state index is -0.422. The minimum absolute atomic E-state index is 0.104. The van der Waals surface area contributed by atoms with Crippen LogP contribution < -0.4 is 16.2 Å². The van der Waals surface area contributed by atoms with Crippen LogP contribution in [0.15, 0.2) is 53.3 Å². The van der Waals surface area contributed by atoms with Crippen LogP contribution in [-0.4, -0.2) is 28.6 Å². The third kappa shape index (κ3) is 3.93. The maximum atomic E-state index is 12.7. The van der Waals surface area contributed by atoms with Gasteiger partial charge in [-0.2, -0.15) is 5.10 Å². The lowest BCUT2D eigenvalue weighted by atomic mass is 10.0. The lowest BCUT2D eigenvalue weighted by Gasteiger charge is -2.12. The number of nitrogens with zero attached hydrogens (tertiary/aromatic N) is 2. The highest BCUT2D eigenvalue weighted by Gasteiger charge is 2.17. The molecule has 0 aliphatic heterocycles. The average Bonchev–Trinajstić information content (AvgIpc) is 2.69. The van der Waals surface area contributed by atoms with Gasteiger partial charge in [0.1, 0.15) is 6.54 Å². The molecule has 0 atom stereocenters. The molecule has 0 aliphatic rings. The summed E-state index contributed by atoms with van der Waals surface area (Å²) in [5.74, 6) is -0.486. The molecule has 28 heavy (non-hydrogen) atoms. The second-order valence-corrected chi connectivity index (χ2v) is 6.76. The number of fused-ring (bicyclic) bond motifs is 1. The number of carbonyl (C=O) groups excluding carboxylic acids is 2. The second-order valence-electron chi connectivity index (χ2n) is 6.76. The smallest absolute Gasteiger partial charge is 0.275 e. The molecule has 0 bridgehead atoms. The maximum Gasteiger partial charge on any atom is 0.275 e. The Morgan fingerprint density at radius 2 is 1.79 bits per heavy atom. The Labute approximate surface area is 162 Å². The minimum Gasteiger partial charge on any atom is -0.354 e. The topological polar surface area (TPSA) is 93.1 Å². The molecule has 1 heterocycles. The molecule has 3 rings (SSSR count). The Morgan fingerprint density at radius 1 is 1.07 bits per heavy atom. The van der Waals surface area contributed by atoms with Crippen LogP contribution in [0.1, 0.15) is 35.8 Å². The summed E-state index contributed by atoms with van der Waals surface area (Å²) in [7, 11) is 1.49. The van der Waals surface area contributed by atoms with Crippen LogP contribution in [0.3, 0.4) is 0 Å². The van der Waals surface area contributed by atoms with Crippen LogP contribution in [0.4, 0.5) is 5.69 Å². The van der Waals surface area contributed by atoms with Crippen molar-refractivity contribution in [2.75, 3.05) is 12.4 Å². The number of carbonyl (C=O) groups is 2. The Balaban J connectivity index is 1.92. The summed E-state index contributed by atoms with van der Waals surface area (Å²) in [5, 5.41) is 10.2. The Kier molecular flexibility index (Phi) is 5.54. The quantitative estimate of drug-likeness (QED) is 0.713. The monoisotopic (exact) mass is 378 g/mol. The molecule has 2 N–H and O–H groups in total. The Hall–Kier alpha value is -3.48. The van der Waals surface area contributed by atoms with Gasteiger partial charge in [0.2, 0.25) is 5.91 Å². The molecule has 2 aromatic carbocycles. The van der Waals surface area contributed by atoms with Crippen LogP contribution in [-0.2, 0) is 11.3 Å². The van der Waals surface area contributed by atoms with Crippen molar-refractivity contribution in [3.8, 4) is 0 Å². The third-order valence-corrected chi connectivity index (χ3v) is 4.44. The van der Waals surface area contributed by atoms with Gasteiger partial charge in [-0.05, 0) is 29.7 Å². The zero-order valence-corrected chi connectivity index (χ0v) is 16.0. The lowest BCUT2D eigenvalue weighted by Crippen LogP contribution is -2.33. The molecular weight excluding hydrogens is 356 g/mol. The van der Waals surface area contributed by atoms with Gasteiger partial charge >= 0.3 is 0 Å². The van der Waals surface area contributed by atoms with Crippen LogP contribution in [0, 0.1) is 0 Å². The zero-order chi connectivity index (χ0) is 20.3. The number of hydrogen-bond acceptors (Lipinski definition) is 4. The molecule has 7 nitrogen and oxygen atoms in total. The van der Waals surface area contributed by atoms with E-state index < -0.39 is 17.4 Å². The van der Waals surface area contributed by atoms with Gasteiger partial charge in [0.25, 0.3) is 11.5 Å². The van der Waals surface area contributed by atoms with Crippen molar-refractivity contribution >= 4 is 28.3 Å². The molecular formula is C21H22N4O3. The summed E-state index contributed by atoms with van der Waals surface area (Å²) in [5.41, 5.74) is 1.43. The lowest BCUT2D eigenvalue weighted by molar-refractivity contribution is -0.117. The second kappa shape index (κ2) is 8.04. The fraction of sp³-hybridized carbons (Fsp3) is 0.238. The van der Waals surface area contributed by atoms with E-state index in [0.717, 1.165) is 10.2 Å². The number of anilines is 1. The van der Waals surface area contributed by atoms with E-state index in [1.165, 1.54) is 7.05 Å². The van der Waals surface area contributed by atoms with Gasteiger partial charge in [0, 0.05) is 18.1 Å². The van der Waals surface area contributed by atoms with E-state index in [2.05, 4.69) is 29.6 Å². The van der Waals surface area contributed by atoms with Gasteiger partial charge in [-0.15, -0.1) is 0 Å². The molecule has 0 unspecified atom stereocenters. The summed E-state index contributed by atoms with van der Waals surface area (Å²) >= 11 is 0. The van der Waals surface area contributed by atoms with Crippen molar-refractivity contribution in [3.63, 3.8) is 0 Å². The summed E-state index contributed by atoms with van der Waals surface area (Å²) in [6.45, 7) is 3.85. The molecule has 7 heteroatoms. The molecule has 0 radical (unpaired) electrons. The SMILES string of the molecule is CNC(=O)c1nn(CC(=O)Nc2cccc(C(C)C)c2)c(=O)c2ccccc12. The molecule has 144 valence electrons. The first-order chi connectivity index (χ1) is 13.4. The van der Waals surface area contributed by atoms with E-state index in [0.29, 0.717) is 22.4 Å². The van der Waals surface area contributed by atoms with Crippen LogP contribution >= 0.6 is 0 Å². The van der Waals surface area contributed by atoms with Gasteiger partial charge in [-0.1, -0.05) is 44.2 Å². The highest BCUT2D eigenvalue weighted by molar-refractivity contribution is 6.04. The third-order valence-electron chi connectivity index (χ3n) is 4.44. The first kappa shape index (κ1) is 19.3. The molecule has 0 spiro atoms. The summed E-state index contributed by atoms with van der Waals surface area (Å²) < 4.78 is 1.02. The number of benzene rings is 2. The number of aromatic nitrogens is 2. The van der Waals surface area contributed by atoms with E-state index >= 15 is 0 Å². The van der Waals surface area contributed by atoms with Crippen molar-refractivity contribution < 1.29 is 9.59 Å². The maximum absolute atomic E-state index is 12.7. The van der Waals surface area contributed by atoms with Crippen molar-refractivity contribution in [1.29, 1.82) is 0 Å². The van der Waals surface area contributed by atoms with Gasteiger partial charge in [-0.25, -0.2) is 4.68 Å². The molecule has 2 amide bonds. The molecule has 0 aliphatic carbocycles. The van der Waals surface area contributed by atoms with Crippen molar-refractivity contribution in [2.45, 2.75) is 26.3 Å². The molecule has 1 aromatic heterocycles. The average molecular weight is 378 g/mol. The van der Waals surface area contributed by atoms with E-state index in [9.17, 15) is 14.4 Å². The number of nitrogens with one attached hydrogen (secondary N) is 2. The molecule has 3 aromatic rings. The molecule has 0 fully saturated rings. The summed E-state index contributed by atoms with van der Waals surface area (Å²) in [6, 6.07) is 14.3. The number of rotatable bonds is 5.